The fraction of sp³-hybridized carbons (Fsp3) is 0.316. The first kappa shape index (κ1) is 18.4. The van der Waals surface area contributed by atoms with Gasteiger partial charge in [0.05, 0.1) is 16.9 Å². The van der Waals surface area contributed by atoms with Crippen molar-refractivity contribution in [1.29, 1.82) is 0 Å². The molecule has 2 atom stereocenters. The van der Waals surface area contributed by atoms with Crippen molar-refractivity contribution in [2.75, 3.05) is 6.54 Å². The first-order chi connectivity index (χ1) is 11.5. The van der Waals surface area contributed by atoms with Gasteiger partial charge in [0.15, 0.2) is 0 Å². The Morgan fingerprint density at radius 3 is 2.29 bits per heavy atom. The summed E-state index contributed by atoms with van der Waals surface area (Å²) in [5.41, 5.74) is 1.36. The van der Waals surface area contributed by atoms with E-state index in [9.17, 15) is 14.1 Å². The zero-order valence-corrected chi connectivity index (χ0v) is 14.8. The molecule has 2 aromatic rings. The highest BCUT2D eigenvalue weighted by Crippen LogP contribution is 2.15. The van der Waals surface area contributed by atoms with Crippen molar-refractivity contribution >= 4 is 16.7 Å². The molecule has 0 bridgehead atoms. The van der Waals surface area contributed by atoms with Crippen molar-refractivity contribution in [2.24, 2.45) is 0 Å². The van der Waals surface area contributed by atoms with Gasteiger partial charge in [-0.1, -0.05) is 44.2 Å². The van der Waals surface area contributed by atoms with E-state index < -0.39 is 16.9 Å². The monoisotopic (exact) mass is 345 g/mol. The molecule has 0 fully saturated rings. The first-order valence-corrected chi connectivity index (χ1v) is 9.22. The molecule has 0 aromatic heterocycles. The highest BCUT2D eigenvalue weighted by atomic mass is 32.2. The third kappa shape index (κ3) is 5.01. The normalized spacial score (nSPS) is 13.5. The number of nitrogens with one attached hydrogen (secondary N) is 1. The Morgan fingerprint density at radius 2 is 1.71 bits per heavy atom. The summed E-state index contributed by atoms with van der Waals surface area (Å²) in [7, 11) is -1.05. The van der Waals surface area contributed by atoms with Crippen LogP contribution in [0.1, 0.15) is 42.3 Å². The number of carbonyl (C=O) groups excluding carboxylic acids is 1. The van der Waals surface area contributed by atoms with Gasteiger partial charge in [-0.15, -0.1) is 0 Å². The van der Waals surface area contributed by atoms with Crippen LogP contribution in [0.15, 0.2) is 59.5 Å². The standard InChI is InChI=1S/C19H23NO3S/c1-14(2)24(23)17-10-8-16(9-11-17)19(22)20-13-12-18(21)15-6-4-3-5-7-15/h3-11,14,18,21H,12-13H2,1-2H3,(H,20,22). The minimum absolute atomic E-state index is 0.0455. The van der Waals surface area contributed by atoms with Crippen LogP contribution in [0.2, 0.25) is 0 Å². The maximum Gasteiger partial charge on any atom is 0.251 e. The van der Waals surface area contributed by atoms with Crippen LogP contribution in [0.3, 0.4) is 0 Å². The van der Waals surface area contributed by atoms with Crippen LogP contribution in [-0.2, 0) is 10.8 Å². The molecule has 2 N–H and O–H groups in total. The first-order valence-electron chi connectivity index (χ1n) is 8.01. The van der Waals surface area contributed by atoms with Crippen LogP contribution in [0.5, 0.6) is 0 Å². The predicted molar refractivity (Wildman–Crippen MR) is 96.3 cm³/mol. The lowest BCUT2D eigenvalue weighted by atomic mass is 10.1. The number of rotatable bonds is 7. The molecule has 2 unspecified atom stereocenters. The summed E-state index contributed by atoms with van der Waals surface area (Å²) in [6.45, 7) is 4.18. The molecule has 5 heteroatoms. The maximum atomic E-state index is 12.1. The summed E-state index contributed by atoms with van der Waals surface area (Å²) < 4.78 is 12.0. The maximum absolute atomic E-state index is 12.1. The second kappa shape index (κ2) is 8.76. The Morgan fingerprint density at radius 1 is 1.08 bits per heavy atom. The van der Waals surface area contributed by atoms with Gasteiger partial charge in [0.25, 0.3) is 5.91 Å². The molecular weight excluding hydrogens is 322 g/mol. The van der Waals surface area contributed by atoms with E-state index in [-0.39, 0.29) is 11.2 Å². The van der Waals surface area contributed by atoms with E-state index in [0.29, 0.717) is 18.5 Å². The summed E-state index contributed by atoms with van der Waals surface area (Å²) in [6.07, 6.45) is -0.145. The number of aliphatic hydroxyl groups is 1. The number of carbonyl (C=O) groups is 1. The van der Waals surface area contributed by atoms with Crippen LogP contribution in [0.25, 0.3) is 0 Å². The molecule has 2 rings (SSSR count). The van der Waals surface area contributed by atoms with Crippen LogP contribution >= 0.6 is 0 Å². The summed E-state index contributed by atoms with van der Waals surface area (Å²) in [6, 6.07) is 16.2. The van der Waals surface area contributed by atoms with E-state index in [0.717, 1.165) is 10.5 Å². The summed E-state index contributed by atoms with van der Waals surface area (Å²) in [5.74, 6) is -0.197. The second-order valence-electron chi connectivity index (χ2n) is 5.84. The quantitative estimate of drug-likeness (QED) is 0.810. The van der Waals surface area contributed by atoms with E-state index in [1.54, 1.807) is 24.3 Å². The Labute approximate surface area is 145 Å². The van der Waals surface area contributed by atoms with E-state index in [4.69, 9.17) is 0 Å². The lowest BCUT2D eigenvalue weighted by Crippen LogP contribution is -2.25. The summed E-state index contributed by atoms with van der Waals surface area (Å²) >= 11 is 0. The van der Waals surface area contributed by atoms with Gasteiger partial charge in [-0.05, 0) is 36.2 Å². The molecular formula is C19H23NO3S. The van der Waals surface area contributed by atoms with Crippen molar-refractivity contribution in [3.05, 3.63) is 65.7 Å². The molecule has 0 aliphatic heterocycles. The van der Waals surface area contributed by atoms with E-state index in [2.05, 4.69) is 5.32 Å². The Hall–Kier alpha value is -1.98. The zero-order chi connectivity index (χ0) is 17.5. The number of amides is 1. The molecule has 4 nitrogen and oxygen atoms in total. The second-order valence-corrected chi connectivity index (χ2v) is 7.85. The molecule has 128 valence electrons. The fourth-order valence-corrected chi connectivity index (χ4v) is 3.23. The van der Waals surface area contributed by atoms with Gasteiger partial charge in [0.2, 0.25) is 0 Å². The van der Waals surface area contributed by atoms with Gasteiger partial charge in [-0.3, -0.25) is 9.00 Å². The van der Waals surface area contributed by atoms with E-state index in [1.165, 1.54) is 0 Å². The van der Waals surface area contributed by atoms with E-state index >= 15 is 0 Å². The minimum atomic E-state index is -1.05. The van der Waals surface area contributed by atoms with Crippen LogP contribution in [0.4, 0.5) is 0 Å². The fourth-order valence-electron chi connectivity index (χ4n) is 2.28. The van der Waals surface area contributed by atoms with Crippen molar-refractivity contribution in [1.82, 2.24) is 5.32 Å². The lowest BCUT2D eigenvalue weighted by Gasteiger charge is -2.12. The highest BCUT2D eigenvalue weighted by Gasteiger charge is 2.11. The summed E-state index contributed by atoms with van der Waals surface area (Å²) in [5, 5.41) is 12.9. The third-order valence-corrected chi connectivity index (χ3v) is 5.26. The minimum Gasteiger partial charge on any atom is -0.388 e. The smallest absolute Gasteiger partial charge is 0.251 e. The Bertz CT molecular complexity index is 684. The van der Waals surface area contributed by atoms with Gasteiger partial charge >= 0.3 is 0 Å². The van der Waals surface area contributed by atoms with Crippen molar-refractivity contribution < 1.29 is 14.1 Å². The lowest BCUT2D eigenvalue weighted by molar-refractivity contribution is 0.0942. The molecule has 0 radical (unpaired) electrons. The van der Waals surface area contributed by atoms with E-state index in [1.807, 2.05) is 44.2 Å². The molecule has 0 heterocycles. The number of hydrogen-bond acceptors (Lipinski definition) is 3. The van der Waals surface area contributed by atoms with Gasteiger partial charge in [0.1, 0.15) is 0 Å². The third-order valence-electron chi connectivity index (χ3n) is 3.66. The number of aliphatic hydroxyl groups excluding tert-OH is 1. The van der Waals surface area contributed by atoms with Crippen LogP contribution < -0.4 is 5.32 Å². The number of benzene rings is 2. The number of hydrogen-bond donors (Lipinski definition) is 2. The SMILES string of the molecule is CC(C)S(=O)c1ccc(C(=O)NCCC(O)c2ccccc2)cc1. The molecule has 0 saturated carbocycles. The van der Waals surface area contributed by atoms with Gasteiger partial charge in [-0.2, -0.15) is 0 Å². The molecule has 0 spiro atoms. The molecule has 0 saturated heterocycles. The van der Waals surface area contributed by atoms with Crippen molar-refractivity contribution in [2.45, 2.75) is 36.5 Å². The average Bonchev–Trinajstić information content (AvgIpc) is 2.61. The molecule has 24 heavy (non-hydrogen) atoms. The molecule has 1 amide bonds. The van der Waals surface area contributed by atoms with Gasteiger partial charge in [0, 0.05) is 22.3 Å². The van der Waals surface area contributed by atoms with Crippen LogP contribution in [0, 0.1) is 0 Å². The molecule has 0 aliphatic rings. The zero-order valence-electron chi connectivity index (χ0n) is 13.9. The Kier molecular flexibility index (Phi) is 6.70. The predicted octanol–water partition coefficient (Wildman–Crippen LogP) is 3.06. The molecule has 2 aromatic carbocycles. The van der Waals surface area contributed by atoms with Gasteiger partial charge < -0.3 is 10.4 Å². The van der Waals surface area contributed by atoms with Crippen LogP contribution in [-0.4, -0.2) is 27.0 Å². The summed E-state index contributed by atoms with van der Waals surface area (Å²) in [4.78, 5) is 12.8. The highest BCUT2D eigenvalue weighted by molar-refractivity contribution is 7.85. The molecule has 0 aliphatic carbocycles. The van der Waals surface area contributed by atoms with Crippen molar-refractivity contribution in [3.8, 4) is 0 Å². The van der Waals surface area contributed by atoms with Gasteiger partial charge in [-0.25, -0.2) is 0 Å². The Balaban J connectivity index is 1.85. The largest absolute Gasteiger partial charge is 0.388 e. The van der Waals surface area contributed by atoms with Crippen molar-refractivity contribution in [3.63, 3.8) is 0 Å². The average molecular weight is 345 g/mol. The topological polar surface area (TPSA) is 66.4 Å².